The van der Waals surface area contributed by atoms with Crippen LogP contribution in [-0.2, 0) is 9.53 Å². The third-order valence-corrected chi connectivity index (χ3v) is 4.14. The Morgan fingerprint density at radius 1 is 1.21 bits per heavy atom. The number of ether oxygens (including phenoxy) is 1. The highest BCUT2D eigenvalue weighted by Gasteiger charge is 2.26. The van der Waals surface area contributed by atoms with Crippen LogP contribution in [0.25, 0.3) is 0 Å². The van der Waals surface area contributed by atoms with Gasteiger partial charge < -0.3 is 15.4 Å². The average molecular weight is 408 g/mol. The first-order valence-electron chi connectivity index (χ1n) is 8.30. The highest BCUT2D eigenvalue weighted by molar-refractivity contribution is 6.30. The van der Waals surface area contributed by atoms with E-state index in [2.05, 4.69) is 10.6 Å². The number of nitrogens with one attached hydrogen (secondary N) is 2. The van der Waals surface area contributed by atoms with Crippen molar-refractivity contribution < 1.29 is 23.6 Å². The van der Waals surface area contributed by atoms with Gasteiger partial charge in [0, 0.05) is 17.1 Å². The van der Waals surface area contributed by atoms with E-state index in [1.807, 2.05) is 0 Å². The normalized spacial score (nSPS) is 12.9. The van der Waals surface area contributed by atoms with Gasteiger partial charge >= 0.3 is 5.97 Å². The maximum absolute atomic E-state index is 13.6. The molecule has 0 bridgehead atoms. The van der Waals surface area contributed by atoms with Gasteiger partial charge in [-0.2, -0.15) is 0 Å². The largest absolute Gasteiger partial charge is 0.452 e. The van der Waals surface area contributed by atoms with E-state index in [4.69, 9.17) is 16.3 Å². The molecular weight excluding hydrogens is 393 g/mol. The van der Waals surface area contributed by atoms with E-state index in [0.717, 1.165) is 25.0 Å². The second-order valence-electron chi connectivity index (χ2n) is 6.16. The number of benzene rings is 2. The minimum Gasteiger partial charge on any atom is -0.452 e. The summed E-state index contributed by atoms with van der Waals surface area (Å²) in [4.78, 5) is 34.6. The van der Waals surface area contributed by atoms with Crippen molar-refractivity contribution in [1.29, 1.82) is 0 Å². The van der Waals surface area contributed by atoms with Gasteiger partial charge in [0.05, 0.1) is 16.2 Å². The monoisotopic (exact) mass is 407 g/mol. The fourth-order valence-electron chi connectivity index (χ4n) is 2.37. The predicted molar refractivity (Wildman–Crippen MR) is 100 cm³/mol. The Labute approximate surface area is 163 Å². The zero-order valence-corrected chi connectivity index (χ0v) is 15.2. The Morgan fingerprint density at radius 3 is 2.64 bits per heavy atom. The first kappa shape index (κ1) is 19.6. The number of hydrogen-bond donors (Lipinski definition) is 2. The molecule has 3 rings (SSSR count). The van der Waals surface area contributed by atoms with Crippen LogP contribution in [0.1, 0.15) is 23.2 Å². The molecule has 0 unspecified atom stereocenters. The van der Waals surface area contributed by atoms with E-state index in [9.17, 15) is 24.1 Å². The zero-order valence-electron chi connectivity index (χ0n) is 14.4. The third kappa shape index (κ3) is 4.95. The molecule has 0 spiro atoms. The first-order chi connectivity index (χ1) is 13.3. The number of nitrogens with zero attached hydrogens (tertiary/aromatic N) is 1. The standard InChI is InChI=1S/C18H15ClFN3O5/c19-11-2-5-13(20)15(8-11)22-17(24)9-28-18(25)10-1-6-14(21-12-3-4-12)16(7-10)23(26)27/h1-2,5-8,12,21H,3-4,9H2,(H,22,24). The van der Waals surface area contributed by atoms with Gasteiger partial charge in [0.1, 0.15) is 11.5 Å². The van der Waals surface area contributed by atoms with Crippen LogP contribution >= 0.6 is 11.6 Å². The topological polar surface area (TPSA) is 111 Å². The van der Waals surface area contributed by atoms with Crippen molar-refractivity contribution in [2.24, 2.45) is 0 Å². The second kappa shape index (κ2) is 8.22. The van der Waals surface area contributed by atoms with Crippen molar-refractivity contribution in [2.45, 2.75) is 18.9 Å². The number of carbonyl (C=O) groups excluding carboxylic acids is 2. The summed E-state index contributed by atoms with van der Waals surface area (Å²) in [5.74, 6) is -2.39. The van der Waals surface area contributed by atoms with Gasteiger partial charge in [-0.3, -0.25) is 14.9 Å². The minimum atomic E-state index is -0.914. The molecule has 2 aromatic rings. The van der Waals surface area contributed by atoms with Crippen LogP contribution in [0.2, 0.25) is 5.02 Å². The van der Waals surface area contributed by atoms with Gasteiger partial charge in [-0.25, -0.2) is 9.18 Å². The highest BCUT2D eigenvalue weighted by atomic mass is 35.5. The number of rotatable bonds is 7. The Morgan fingerprint density at radius 2 is 1.96 bits per heavy atom. The molecular formula is C18H15ClFN3O5. The molecule has 1 saturated carbocycles. The van der Waals surface area contributed by atoms with Crippen molar-refractivity contribution in [3.63, 3.8) is 0 Å². The van der Waals surface area contributed by atoms with Gasteiger partial charge in [-0.15, -0.1) is 0 Å². The maximum Gasteiger partial charge on any atom is 0.338 e. The van der Waals surface area contributed by atoms with E-state index in [-0.39, 0.29) is 28.0 Å². The zero-order chi connectivity index (χ0) is 20.3. The van der Waals surface area contributed by atoms with Crippen molar-refractivity contribution in [3.8, 4) is 0 Å². The number of nitro benzene ring substituents is 1. The number of halogens is 2. The van der Waals surface area contributed by atoms with Gasteiger partial charge in [-0.1, -0.05) is 11.6 Å². The van der Waals surface area contributed by atoms with Crippen LogP contribution in [0.4, 0.5) is 21.5 Å². The van der Waals surface area contributed by atoms with E-state index < -0.39 is 29.2 Å². The summed E-state index contributed by atoms with van der Waals surface area (Å²) in [5, 5.41) is 16.7. The fraction of sp³-hybridized carbons (Fsp3) is 0.222. The van der Waals surface area contributed by atoms with E-state index in [1.165, 1.54) is 24.3 Å². The van der Waals surface area contributed by atoms with Crippen molar-refractivity contribution >= 4 is 40.5 Å². The van der Waals surface area contributed by atoms with Crippen LogP contribution in [0.3, 0.4) is 0 Å². The number of anilines is 2. The average Bonchev–Trinajstić information content (AvgIpc) is 3.47. The molecule has 10 heteroatoms. The summed E-state index contributed by atoms with van der Waals surface area (Å²) in [6.07, 6.45) is 1.87. The SMILES string of the molecule is O=C(COC(=O)c1ccc(NC2CC2)c([N+](=O)[O-])c1)Nc1cc(Cl)ccc1F. The Balaban J connectivity index is 1.62. The summed E-state index contributed by atoms with van der Waals surface area (Å²) in [6, 6.07) is 7.70. The molecule has 1 aliphatic carbocycles. The molecule has 0 atom stereocenters. The molecule has 2 aromatic carbocycles. The Kier molecular flexibility index (Phi) is 5.74. The summed E-state index contributed by atoms with van der Waals surface area (Å²) >= 11 is 5.73. The highest BCUT2D eigenvalue weighted by Crippen LogP contribution is 2.31. The molecule has 146 valence electrons. The van der Waals surface area contributed by atoms with E-state index >= 15 is 0 Å². The van der Waals surface area contributed by atoms with E-state index in [1.54, 1.807) is 0 Å². The fourth-order valence-corrected chi connectivity index (χ4v) is 2.55. The summed E-state index contributed by atoms with van der Waals surface area (Å²) in [5.41, 5.74) is -0.167. The molecule has 0 aliphatic heterocycles. The number of esters is 1. The lowest BCUT2D eigenvalue weighted by Crippen LogP contribution is -2.21. The van der Waals surface area contributed by atoms with Crippen LogP contribution in [0.15, 0.2) is 36.4 Å². The number of nitro groups is 1. The lowest BCUT2D eigenvalue weighted by molar-refractivity contribution is -0.384. The van der Waals surface area contributed by atoms with Crippen LogP contribution < -0.4 is 10.6 Å². The number of carbonyl (C=O) groups is 2. The summed E-state index contributed by atoms with van der Waals surface area (Å²) in [7, 11) is 0. The van der Waals surface area contributed by atoms with Gasteiger partial charge in [0.25, 0.3) is 11.6 Å². The Bertz CT molecular complexity index is 949. The molecule has 0 saturated heterocycles. The van der Waals surface area contributed by atoms with Crippen molar-refractivity contribution in [3.05, 3.63) is 62.9 Å². The molecule has 1 aliphatic rings. The lowest BCUT2D eigenvalue weighted by Gasteiger charge is -2.09. The van der Waals surface area contributed by atoms with E-state index in [0.29, 0.717) is 5.69 Å². The first-order valence-corrected chi connectivity index (χ1v) is 8.68. The molecule has 8 nitrogen and oxygen atoms in total. The Hall–Kier alpha value is -3.20. The lowest BCUT2D eigenvalue weighted by atomic mass is 10.1. The van der Waals surface area contributed by atoms with Crippen LogP contribution in [-0.4, -0.2) is 29.4 Å². The number of hydrogen-bond acceptors (Lipinski definition) is 6. The third-order valence-electron chi connectivity index (χ3n) is 3.90. The predicted octanol–water partition coefficient (Wildman–Crippen LogP) is 3.76. The maximum atomic E-state index is 13.6. The van der Waals surface area contributed by atoms with Crippen LogP contribution in [0.5, 0.6) is 0 Å². The van der Waals surface area contributed by atoms with Gasteiger partial charge in [0.2, 0.25) is 0 Å². The molecule has 1 fully saturated rings. The van der Waals surface area contributed by atoms with Gasteiger partial charge in [0.15, 0.2) is 6.61 Å². The second-order valence-corrected chi connectivity index (χ2v) is 6.59. The molecule has 2 N–H and O–H groups in total. The smallest absolute Gasteiger partial charge is 0.338 e. The van der Waals surface area contributed by atoms with Crippen LogP contribution in [0, 0.1) is 15.9 Å². The minimum absolute atomic E-state index is 0.0743. The molecule has 0 aromatic heterocycles. The summed E-state index contributed by atoms with van der Waals surface area (Å²) < 4.78 is 18.4. The van der Waals surface area contributed by atoms with Gasteiger partial charge in [-0.05, 0) is 43.2 Å². The molecule has 0 radical (unpaired) electrons. The molecule has 1 amide bonds. The van der Waals surface area contributed by atoms with Crippen molar-refractivity contribution in [2.75, 3.05) is 17.2 Å². The number of amides is 1. The molecule has 28 heavy (non-hydrogen) atoms. The molecule has 0 heterocycles. The summed E-state index contributed by atoms with van der Waals surface area (Å²) in [6.45, 7) is -0.694. The van der Waals surface area contributed by atoms with Crippen molar-refractivity contribution in [1.82, 2.24) is 0 Å². The quantitative estimate of drug-likeness (QED) is 0.411.